The molecule has 0 aromatic rings. The number of carbonyl (C=O) groups is 1. The Labute approximate surface area is 165 Å². The topological polar surface area (TPSA) is 43.1 Å². The lowest BCUT2D eigenvalue weighted by atomic mass is 9.86. The van der Waals surface area contributed by atoms with Crippen LogP contribution in [0.1, 0.15) is 143 Å². The van der Waals surface area contributed by atoms with Crippen LogP contribution in [0.4, 0.5) is 0 Å². The van der Waals surface area contributed by atoms with Gasteiger partial charge in [0, 0.05) is 5.41 Å². The molecular weight excluding hydrogens is 318 g/mol. The molecular formula is C24H49NO. The average Bonchev–Trinajstić information content (AvgIpc) is 2.60. The molecule has 0 aliphatic heterocycles. The molecule has 0 saturated heterocycles. The molecule has 0 aromatic carbocycles. The fourth-order valence-corrected chi connectivity index (χ4v) is 3.59. The lowest BCUT2D eigenvalue weighted by Crippen LogP contribution is -2.31. The van der Waals surface area contributed by atoms with Crippen LogP contribution in [-0.4, -0.2) is 5.91 Å². The van der Waals surface area contributed by atoms with E-state index in [-0.39, 0.29) is 11.3 Å². The Kier molecular flexibility index (Phi) is 17.5. The van der Waals surface area contributed by atoms with Crippen LogP contribution >= 0.6 is 0 Å². The SMILES string of the molecule is CCCCCCCCCCCCCCCCCCCCC(C)(C)C(N)=O. The molecule has 2 N–H and O–H groups in total. The van der Waals surface area contributed by atoms with Crippen LogP contribution in [0.2, 0.25) is 0 Å². The third-order valence-corrected chi connectivity index (χ3v) is 5.82. The van der Waals surface area contributed by atoms with Crippen LogP contribution in [-0.2, 0) is 4.79 Å². The molecule has 0 atom stereocenters. The van der Waals surface area contributed by atoms with E-state index >= 15 is 0 Å². The lowest BCUT2D eigenvalue weighted by molar-refractivity contribution is -0.126. The van der Waals surface area contributed by atoms with E-state index in [0.29, 0.717) is 0 Å². The van der Waals surface area contributed by atoms with Gasteiger partial charge in [0.2, 0.25) is 5.91 Å². The summed E-state index contributed by atoms with van der Waals surface area (Å²) < 4.78 is 0. The standard InChI is InChI=1S/C24H49NO/c1-4-5-6-7-8-9-10-11-12-13-14-15-16-17-18-19-20-21-22-24(2,3)23(25)26/h4-22H2,1-3H3,(H2,25,26). The van der Waals surface area contributed by atoms with E-state index in [4.69, 9.17) is 5.73 Å². The first-order chi connectivity index (χ1) is 12.5. The maximum Gasteiger partial charge on any atom is 0.223 e. The van der Waals surface area contributed by atoms with E-state index in [0.717, 1.165) is 12.8 Å². The summed E-state index contributed by atoms with van der Waals surface area (Å²) in [5.41, 5.74) is 5.08. The number of hydrogen-bond donors (Lipinski definition) is 1. The van der Waals surface area contributed by atoms with Crippen LogP contribution in [0.15, 0.2) is 0 Å². The van der Waals surface area contributed by atoms with Gasteiger partial charge in [-0.15, -0.1) is 0 Å². The molecule has 0 aliphatic rings. The van der Waals surface area contributed by atoms with E-state index in [1.54, 1.807) is 0 Å². The molecule has 0 aromatic heterocycles. The van der Waals surface area contributed by atoms with Crippen molar-refractivity contribution in [1.82, 2.24) is 0 Å². The average molecular weight is 368 g/mol. The Morgan fingerprint density at radius 1 is 0.577 bits per heavy atom. The third kappa shape index (κ3) is 16.9. The van der Waals surface area contributed by atoms with E-state index in [1.165, 1.54) is 109 Å². The van der Waals surface area contributed by atoms with Gasteiger partial charge in [-0.1, -0.05) is 136 Å². The van der Waals surface area contributed by atoms with Crippen molar-refractivity contribution in [2.45, 2.75) is 143 Å². The smallest absolute Gasteiger partial charge is 0.223 e. The largest absolute Gasteiger partial charge is 0.369 e. The second-order valence-corrected chi connectivity index (χ2v) is 9.01. The zero-order valence-electron chi connectivity index (χ0n) is 18.4. The number of amides is 1. The van der Waals surface area contributed by atoms with E-state index < -0.39 is 0 Å². The summed E-state index contributed by atoms with van der Waals surface area (Å²) in [6, 6.07) is 0. The fourth-order valence-electron chi connectivity index (χ4n) is 3.59. The van der Waals surface area contributed by atoms with Crippen molar-refractivity contribution in [3.63, 3.8) is 0 Å². The summed E-state index contributed by atoms with van der Waals surface area (Å²) in [6.07, 6.45) is 26.0. The molecule has 0 spiro atoms. The monoisotopic (exact) mass is 367 g/mol. The number of primary amides is 1. The van der Waals surface area contributed by atoms with Gasteiger partial charge in [-0.05, 0) is 6.42 Å². The summed E-state index contributed by atoms with van der Waals surface area (Å²) >= 11 is 0. The molecule has 1 amide bonds. The molecule has 156 valence electrons. The summed E-state index contributed by atoms with van der Waals surface area (Å²) in [4.78, 5) is 11.3. The zero-order valence-corrected chi connectivity index (χ0v) is 18.4. The molecule has 26 heavy (non-hydrogen) atoms. The highest BCUT2D eigenvalue weighted by Crippen LogP contribution is 2.23. The summed E-state index contributed by atoms with van der Waals surface area (Å²) in [6.45, 7) is 6.21. The molecule has 0 unspecified atom stereocenters. The van der Waals surface area contributed by atoms with Crippen molar-refractivity contribution in [2.24, 2.45) is 11.1 Å². The second-order valence-electron chi connectivity index (χ2n) is 9.01. The van der Waals surface area contributed by atoms with Crippen LogP contribution in [0.25, 0.3) is 0 Å². The Morgan fingerprint density at radius 3 is 1.12 bits per heavy atom. The van der Waals surface area contributed by atoms with Crippen LogP contribution < -0.4 is 5.73 Å². The van der Waals surface area contributed by atoms with Crippen molar-refractivity contribution in [2.75, 3.05) is 0 Å². The van der Waals surface area contributed by atoms with E-state index in [2.05, 4.69) is 6.92 Å². The van der Waals surface area contributed by atoms with Gasteiger partial charge in [0.05, 0.1) is 0 Å². The number of unbranched alkanes of at least 4 members (excludes halogenated alkanes) is 17. The first-order valence-electron chi connectivity index (χ1n) is 11.8. The predicted octanol–water partition coefficient (Wildman–Crippen LogP) is 7.93. The maximum atomic E-state index is 11.3. The molecule has 0 bridgehead atoms. The summed E-state index contributed by atoms with van der Waals surface area (Å²) in [5.74, 6) is -0.163. The van der Waals surface area contributed by atoms with Crippen molar-refractivity contribution in [1.29, 1.82) is 0 Å². The highest BCUT2D eigenvalue weighted by Gasteiger charge is 2.23. The number of nitrogens with two attached hydrogens (primary N) is 1. The van der Waals surface area contributed by atoms with Gasteiger partial charge in [0.1, 0.15) is 0 Å². The van der Waals surface area contributed by atoms with Crippen molar-refractivity contribution >= 4 is 5.91 Å². The lowest BCUT2D eigenvalue weighted by Gasteiger charge is -2.19. The van der Waals surface area contributed by atoms with E-state index in [1.807, 2.05) is 13.8 Å². The molecule has 0 aliphatic carbocycles. The van der Waals surface area contributed by atoms with Gasteiger partial charge in [-0.2, -0.15) is 0 Å². The first-order valence-corrected chi connectivity index (χ1v) is 11.8. The highest BCUT2D eigenvalue weighted by molar-refractivity contribution is 5.79. The normalized spacial score (nSPS) is 11.8. The van der Waals surface area contributed by atoms with Crippen molar-refractivity contribution < 1.29 is 4.79 Å². The number of carbonyl (C=O) groups excluding carboxylic acids is 1. The molecule has 0 rings (SSSR count). The molecule has 0 fully saturated rings. The highest BCUT2D eigenvalue weighted by atomic mass is 16.1. The molecule has 0 heterocycles. The van der Waals surface area contributed by atoms with E-state index in [9.17, 15) is 4.79 Å². The zero-order chi connectivity index (χ0) is 19.5. The molecule has 0 saturated carbocycles. The first kappa shape index (κ1) is 25.5. The Bertz CT molecular complexity index is 311. The minimum Gasteiger partial charge on any atom is -0.369 e. The molecule has 2 nitrogen and oxygen atoms in total. The van der Waals surface area contributed by atoms with Crippen molar-refractivity contribution in [3.8, 4) is 0 Å². The maximum absolute atomic E-state index is 11.3. The van der Waals surface area contributed by atoms with Crippen LogP contribution in [0, 0.1) is 5.41 Å². The molecule has 2 heteroatoms. The van der Waals surface area contributed by atoms with Crippen LogP contribution in [0.3, 0.4) is 0 Å². The summed E-state index contributed by atoms with van der Waals surface area (Å²) in [7, 11) is 0. The Hall–Kier alpha value is -0.530. The predicted molar refractivity (Wildman–Crippen MR) is 116 cm³/mol. The minimum absolute atomic E-state index is 0.163. The van der Waals surface area contributed by atoms with Gasteiger partial charge in [0.25, 0.3) is 0 Å². The van der Waals surface area contributed by atoms with Gasteiger partial charge in [0.15, 0.2) is 0 Å². The van der Waals surface area contributed by atoms with Gasteiger partial charge < -0.3 is 5.73 Å². The quantitative estimate of drug-likeness (QED) is 0.218. The Balaban J connectivity index is 3.13. The van der Waals surface area contributed by atoms with Gasteiger partial charge in [-0.25, -0.2) is 0 Å². The van der Waals surface area contributed by atoms with Gasteiger partial charge >= 0.3 is 0 Å². The Morgan fingerprint density at radius 2 is 0.846 bits per heavy atom. The fraction of sp³-hybridized carbons (Fsp3) is 0.958. The molecule has 0 radical (unpaired) electrons. The van der Waals surface area contributed by atoms with Crippen molar-refractivity contribution in [3.05, 3.63) is 0 Å². The van der Waals surface area contributed by atoms with Gasteiger partial charge in [-0.3, -0.25) is 4.79 Å². The minimum atomic E-state index is -0.324. The third-order valence-electron chi connectivity index (χ3n) is 5.82. The number of hydrogen-bond acceptors (Lipinski definition) is 1. The van der Waals surface area contributed by atoms with Crippen LogP contribution in [0.5, 0.6) is 0 Å². The summed E-state index contributed by atoms with van der Waals surface area (Å²) in [5, 5.41) is 0. The number of rotatable bonds is 20. The second kappa shape index (κ2) is 17.9.